The first-order valence-corrected chi connectivity index (χ1v) is 16.9. The Bertz CT molecular complexity index is 2450. The molecule has 0 atom stereocenters. The summed E-state index contributed by atoms with van der Waals surface area (Å²) in [7, 11) is 0. The van der Waals surface area contributed by atoms with Crippen LogP contribution in [0.4, 0.5) is 0 Å². The summed E-state index contributed by atoms with van der Waals surface area (Å²) in [6.07, 6.45) is 0. The van der Waals surface area contributed by atoms with E-state index in [1.54, 1.807) is 0 Å². The molecule has 9 rings (SSSR count). The molecule has 1 heterocycles. The third-order valence-corrected chi connectivity index (χ3v) is 10.1. The lowest BCUT2D eigenvalue weighted by atomic mass is 9.82. The van der Waals surface area contributed by atoms with Crippen LogP contribution in [0.2, 0.25) is 0 Å². The Kier molecular flexibility index (Phi) is 6.84. The Morgan fingerprint density at radius 3 is 1.53 bits per heavy atom. The molecule has 0 amide bonds. The van der Waals surface area contributed by atoms with Gasteiger partial charge in [-0.1, -0.05) is 166 Å². The van der Waals surface area contributed by atoms with Crippen molar-refractivity contribution in [1.82, 2.24) is 9.97 Å². The number of rotatable bonds is 5. The molecule has 0 radical (unpaired) electrons. The first-order chi connectivity index (χ1) is 24.1. The standard InChI is InChI=1S/C47H34N2/c1-47(2)42-24-14-13-23-39(42)41-29-33(25-28-43(41)47)34-19-9-10-20-35(34)38-26-27-40(37-22-12-11-21-36(37)38)46-48-44(31-15-5-3-6-16-31)30-45(49-46)32-17-7-4-8-18-32/h3-30H,1-2H3. The second-order valence-corrected chi connectivity index (χ2v) is 13.4. The normalized spacial score (nSPS) is 12.9. The average Bonchev–Trinajstić information content (AvgIpc) is 3.40. The lowest BCUT2D eigenvalue weighted by Gasteiger charge is -2.21. The highest BCUT2D eigenvalue weighted by Gasteiger charge is 2.35. The molecule has 0 saturated carbocycles. The number of benzene rings is 7. The minimum absolute atomic E-state index is 0.0176. The van der Waals surface area contributed by atoms with Crippen molar-refractivity contribution in [2.24, 2.45) is 0 Å². The number of hydrogen-bond acceptors (Lipinski definition) is 2. The maximum atomic E-state index is 5.17. The fourth-order valence-corrected chi connectivity index (χ4v) is 7.67. The van der Waals surface area contributed by atoms with Gasteiger partial charge in [-0.3, -0.25) is 0 Å². The van der Waals surface area contributed by atoms with Crippen molar-refractivity contribution in [3.05, 3.63) is 181 Å². The average molecular weight is 627 g/mol. The first kappa shape index (κ1) is 29.1. The van der Waals surface area contributed by atoms with Crippen LogP contribution in [-0.4, -0.2) is 9.97 Å². The summed E-state index contributed by atoms with van der Waals surface area (Å²) in [5, 5.41) is 2.30. The van der Waals surface area contributed by atoms with Crippen molar-refractivity contribution in [2.75, 3.05) is 0 Å². The van der Waals surface area contributed by atoms with E-state index in [9.17, 15) is 0 Å². The molecule has 0 fully saturated rings. The molecule has 2 nitrogen and oxygen atoms in total. The summed E-state index contributed by atoms with van der Waals surface area (Å²) in [5.74, 6) is 0.719. The van der Waals surface area contributed by atoms with Gasteiger partial charge in [-0.15, -0.1) is 0 Å². The highest BCUT2D eigenvalue weighted by molar-refractivity contribution is 6.06. The molecule has 0 aliphatic heterocycles. The molecular weight excluding hydrogens is 593 g/mol. The van der Waals surface area contributed by atoms with Gasteiger partial charge in [0.2, 0.25) is 0 Å². The van der Waals surface area contributed by atoms with Gasteiger partial charge in [0.1, 0.15) is 0 Å². The lowest BCUT2D eigenvalue weighted by Crippen LogP contribution is -2.14. The van der Waals surface area contributed by atoms with Crippen LogP contribution in [0, 0.1) is 0 Å². The predicted octanol–water partition coefficient (Wildman–Crippen LogP) is 12.3. The van der Waals surface area contributed by atoms with Crippen LogP contribution in [-0.2, 0) is 5.41 Å². The largest absolute Gasteiger partial charge is 0.228 e. The summed E-state index contributed by atoms with van der Waals surface area (Å²) >= 11 is 0. The second-order valence-electron chi connectivity index (χ2n) is 13.4. The Hall–Kier alpha value is -6.12. The Morgan fingerprint density at radius 1 is 0.347 bits per heavy atom. The molecule has 0 spiro atoms. The van der Waals surface area contributed by atoms with E-state index < -0.39 is 0 Å². The fourth-order valence-electron chi connectivity index (χ4n) is 7.67. The molecule has 49 heavy (non-hydrogen) atoms. The number of nitrogens with zero attached hydrogens (tertiary/aromatic N) is 2. The molecule has 7 aromatic carbocycles. The molecular formula is C47H34N2. The molecule has 0 bridgehead atoms. The van der Waals surface area contributed by atoms with Crippen molar-refractivity contribution in [2.45, 2.75) is 19.3 Å². The molecule has 1 aromatic heterocycles. The van der Waals surface area contributed by atoms with E-state index >= 15 is 0 Å². The van der Waals surface area contributed by atoms with E-state index in [0.29, 0.717) is 0 Å². The maximum Gasteiger partial charge on any atom is 0.161 e. The van der Waals surface area contributed by atoms with Crippen molar-refractivity contribution in [3.63, 3.8) is 0 Å². The topological polar surface area (TPSA) is 25.8 Å². The van der Waals surface area contributed by atoms with E-state index in [1.165, 1.54) is 49.9 Å². The first-order valence-electron chi connectivity index (χ1n) is 16.9. The summed E-state index contributed by atoms with van der Waals surface area (Å²) in [6, 6.07) is 60.6. The SMILES string of the molecule is CC1(C)c2ccccc2-c2cc(-c3ccccc3-c3ccc(-c4nc(-c5ccccc5)cc(-c5ccccc5)n4)c4ccccc34)ccc21. The van der Waals surface area contributed by atoms with E-state index in [1.807, 2.05) is 12.1 Å². The van der Waals surface area contributed by atoms with Gasteiger partial charge in [0, 0.05) is 22.1 Å². The van der Waals surface area contributed by atoms with Gasteiger partial charge < -0.3 is 0 Å². The Labute approximate surface area is 287 Å². The number of hydrogen-bond donors (Lipinski definition) is 0. The van der Waals surface area contributed by atoms with Gasteiger partial charge in [-0.2, -0.15) is 0 Å². The minimum atomic E-state index is -0.0176. The van der Waals surface area contributed by atoms with Crippen LogP contribution in [0.3, 0.4) is 0 Å². The molecule has 8 aromatic rings. The highest BCUT2D eigenvalue weighted by Crippen LogP contribution is 2.50. The lowest BCUT2D eigenvalue weighted by molar-refractivity contribution is 0.660. The molecule has 232 valence electrons. The van der Waals surface area contributed by atoms with E-state index in [4.69, 9.17) is 9.97 Å². The van der Waals surface area contributed by atoms with Gasteiger partial charge in [0.05, 0.1) is 11.4 Å². The van der Waals surface area contributed by atoms with E-state index in [0.717, 1.165) is 39.3 Å². The molecule has 0 N–H and O–H groups in total. The zero-order chi connectivity index (χ0) is 33.0. The van der Waals surface area contributed by atoms with E-state index in [2.05, 4.69) is 172 Å². The van der Waals surface area contributed by atoms with Crippen LogP contribution in [0.25, 0.3) is 78.1 Å². The molecule has 1 aliphatic carbocycles. The Balaban J connectivity index is 1.21. The second kappa shape index (κ2) is 11.5. The van der Waals surface area contributed by atoms with Gasteiger partial charge in [0.15, 0.2) is 5.82 Å². The van der Waals surface area contributed by atoms with Gasteiger partial charge in [0.25, 0.3) is 0 Å². The van der Waals surface area contributed by atoms with Crippen molar-refractivity contribution in [3.8, 4) is 67.3 Å². The minimum Gasteiger partial charge on any atom is -0.228 e. The molecule has 0 unspecified atom stereocenters. The van der Waals surface area contributed by atoms with Crippen LogP contribution >= 0.6 is 0 Å². The number of aromatic nitrogens is 2. The maximum absolute atomic E-state index is 5.17. The number of fused-ring (bicyclic) bond motifs is 4. The predicted molar refractivity (Wildman–Crippen MR) is 204 cm³/mol. The monoisotopic (exact) mass is 626 g/mol. The van der Waals surface area contributed by atoms with Crippen LogP contribution in [0.1, 0.15) is 25.0 Å². The summed E-state index contributed by atoms with van der Waals surface area (Å²) in [4.78, 5) is 10.3. The zero-order valence-corrected chi connectivity index (χ0v) is 27.6. The van der Waals surface area contributed by atoms with Crippen LogP contribution in [0.5, 0.6) is 0 Å². The summed E-state index contributed by atoms with van der Waals surface area (Å²) < 4.78 is 0. The molecule has 2 heteroatoms. The quantitative estimate of drug-likeness (QED) is 0.190. The summed E-state index contributed by atoms with van der Waals surface area (Å²) in [6.45, 7) is 4.67. The van der Waals surface area contributed by atoms with Gasteiger partial charge in [-0.25, -0.2) is 9.97 Å². The van der Waals surface area contributed by atoms with Crippen LogP contribution < -0.4 is 0 Å². The van der Waals surface area contributed by atoms with Crippen molar-refractivity contribution in [1.29, 1.82) is 0 Å². The van der Waals surface area contributed by atoms with Crippen LogP contribution in [0.15, 0.2) is 170 Å². The van der Waals surface area contributed by atoms with Gasteiger partial charge >= 0.3 is 0 Å². The molecule has 0 saturated heterocycles. The van der Waals surface area contributed by atoms with Gasteiger partial charge in [-0.05, 0) is 73.5 Å². The summed E-state index contributed by atoms with van der Waals surface area (Å²) in [5.41, 5.74) is 15.2. The Morgan fingerprint density at radius 2 is 0.857 bits per heavy atom. The smallest absolute Gasteiger partial charge is 0.161 e. The van der Waals surface area contributed by atoms with Crippen molar-refractivity contribution >= 4 is 10.8 Å². The van der Waals surface area contributed by atoms with E-state index in [-0.39, 0.29) is 5.41 Å². The fraction of sp³-hybridized carbons (Fsp3) is 0.0638. The third kappa shape index (κ3) is 4.88. The molecule has 1 aliphatic rings. The zero-order valence-electron chi connectivity index (χ0n) is 27.6. The third-order valence-electron chi connectivity index (χ3n) is 10.1. The highest BCUT2D eigenvalue weighted by atomic mass is 14.9. The van der Waals surface area contributed by atoms with Crippen molar-refractivity contribution < 1.29 is 0 Å².